The van der Waals surface area contributed by atoms with Gasteiger partial charge in [-0.1, -0.05) is 6.92 Å². The Balaban J connectivity index is 1.40. The lowest BCUT2D eigenvalue weighted by molar-refractivity contribution is -0.148. The van der Waals surface area contributed by atoms with Crippen molar-refractivity contribution in [1.29, 1.82) is 0 Å². The summed E-state index contributed by atoms with van der Waals surface area (Å²) in [5, 5.41) is 4.87. The zero-order valence-corrected chi connectivity index (χ0v) is 14.0. The normalized spacial score (nSPS) is 21.3. The van der Waals surface area contributed by atoms with Gasteiger partial charge in [0.1, 0.15) is 0 Å². The molecule has 2 aromatic heterocycles. The maximum atomic E-state index is 11.8. The molecule has 7 heteroatoms. The molecular formula is C16H21N3O3S. The largest absolute Gasteiger partial charge is 0.455 e. The SMILES string of the molecule is CC1CCC(NC(=O)COC(=O)Cc2cn3ccsc3n2)CC1. The van der Waals surface area contributed by atoms with Gasteiger partial charge in [-0.25, -0.2) is 4.98 Å². The van der Waals surface area contributed by atoms with Gasteiger partial charge in [0.25, 0.3) is 5.91 Å². The third kappa shape index (κ3) is 4.31. The summed E-state index contributed by atoms with van der Waals surface area (Å²) in [6.45, 7) is 2.02. The number of fused-ring (bicyclic) bond motifs is 1. The minimum atomic E-state index is -0.428. The van der Waals surface area contributed by atoms with Crippen molar-refractivity contribution >= 4 is 28.2 Å². The van der Waals surface area contributed by atoms with Crippen LogP contribution in [-0.4, -0.2) is 33.9 Å². The van der Waals surface area contributed by atoms with Crippen molar-refractivity contribution in [2.75, 3.05) is 6.61 Å². The molecule has 1 saturated carbocycles. The molecule has 124 valence electrons. The molecule has 1 N–H and O–H groups in total. The molecule has 1 amide bonds. The second-order valence-corrected chi connectivity index (χ2v) is 7.06. The molecule has 0 saturated heterocycles. The summed E-state index contributed by atoms with van der Waals surface area (Å²) < 4.78 is 6.91. The summed E-state index contributed by atoms with van der Waals surface area (Å²) in [5.41, 5.74) is 0.656. The van der Waals surface area contributed by atoms with Gasteiger partial charge in [0.05, 0.1) is 12.1 Å². The minimum absolute atomic E-state index is 0.0859. The molecule has 0 aromatic carbocycles. The number of rotatable bonds is 5. The van der Waals surface area contributed by atoms with Crippen LogP contribution in [-0.2, 0) is 20.7 Å². The Bertz CT molecular complexity index is 657. The van der Waals surface area contributed by atoms with Crippen LogP contribution in [0.5, 0.6) is 0 Å². The Labute approximate surface area is 138 Å². The van der Waals surface area contributed by atoms with Crippen LogP contribution in [0, 0.1) is 5.92 Å². The topological polar surface area (TPSA) is 72.7 Å². The summed E-state index contributed by atoms with van der Waals surface area (Å²) in [6, 6.07) is 0.220. The molecule has 1 fully saturated rings. The highest BCUT2D eigenvalue weighted by atomic mass is 32.1. The van der Waals surface area contributed by atoms with E-state index < -0.39 is 5.97 Å². The molecule has 0 aliphatic heterocycles. The van der Waals surface area contributed by atoms with Gasteiger partial charge in [-0.2, -0.15) is 0 Å². The molecule has 6 nitrogen and oxygen atoms in total. The van der Waals surface area contributed by atoms with Crippen LogP contribution in [0.1, 0.15) is 38.3 Å². The van der Waals surface area contributed by atoms with Crippen LogP contribution < -0.4 is 5.32 Å². The summed E-state index contributed by atoms with van der Waals surface area (Å²) >= 11 is 1.51. The van der Waals surface area contributed by atoms with Gasteiger partial charge in [0.2, 0.25) is 0 Å². The lowest BCUT2D eigenvalue weighted by Gasteiger charge is -2.26. The van der Waals surface area contributed by atoms with Crippen molar-refractivity contribution in [1.82, 2.24) is 14.7 Å². The fraction of sp³-hybridized carbons (Fsp3) is 0.562. The van der Waals surface area contributed by atoms with Crippen molar-refractivity contribution in [3.05, 3.63) is 23.5 Å². The van der Waals surface area contributed by atoms with E-state index in [2.05, 4.69) is 17.2 Å². The number of hydrogen-bond donors (Lipinski definition) is 1. The van der Waals surface area contributed by atoms with Gasteiger partial charge in [-0.05, 0) is 31.6 Å². The maximum absolute atomic E-state index is 11.8. The van der Waals surface area contributed by atoms with Gasteiger partial charge >= 0.3 is 5.97 Å². The molecule has 2 aromatic rings. The van der Waals surface area contributed by atoms with Crippen LogP contribution in [0.3, 0.4) is 0 Å². The van der Waals surface area contributed by atoms with E-state index in [1.807, 2.05) is 16.0 Å². The predicted octanol–water partition coefficient (Wildman–Crippen LogP) is 2.18. The summed E-state index contributed by atoms with van der Waals surface area (Å²) in [6.07, 6.45) is 8.07. The Morgan fingerprint density at radius 1 is 1.39 bits per heavy atom. The number of esters is 1. The predicted molar refractivity (Wildman–Crippen MR) is 87.3 cm³/mol. The first-order chi connectivity index (χ1) is 11.1. The number of aromatic nitrogens is 2. The molecule has 0 bridgehead atoms. The number of amides is 1. The second kappa shape index (κ2) is 7.12. The number of ether oxygens (including phenoxy) is 1. The molecule has 2 heterocycles. The maximum Gasteiger partial charge on any atom is 0.312 e. The third-order valence-corrected chi connectivity index (χ3v) is 4.98. The first-order valence-corrected chi connectivity index (χ1v) is 8.84. The second-order valence-electron chi connectivity index (χ2n) is 6.19. The number of carbonyl (C=O) groups excluding carboxylic acids is 2. The van der Waals surface area contributed by atoms with E-state index >= 15 is 0 Å². The molecule has 0 atom stereocenters. The van der Waals surface area contributed by atoms with E-state index in [4.69, 9.17) is 4.74 Å². The highest BCUT2D eigenvalue weighted by molar-refractivity contribution is 7.15. The summed E-state index contributed by atoms with van der Waals surface area (Å²) in [4.78, 5) is 28.8. The smallest absolute Gasteiger partial charge is 0.312 e. The highest BCUT2D eigenvalue weighted by Crippen LogP contribution is 2.23. The number of nitrogens with one attached hydrogen (secondary N) is 1. The van der Waals surface area contributed by atoms with Crippen molar-refractivity contribution in [3.63, 3.8) is 0 Å². The van der Waals surface area contributed by atoms with E-state index in [1.54, 1.807) is 6.20 Å². The van der Waals surface area contributed by atoms with Crippen LogP contribution in [0.2, 0.25) is 0 Å². The summed E-state index contributed by atoms with van der Waals surface area (Å²) in [5.74, 6) is 0.0948. The molecule has 1 aliphatic carbocycles. The van der Waals surface area contributed by atoms with Gasteiger partial charge in [0, 0.05) is 23.8 Å². The van der Waals surface area contributed by atoms with E-state index in [0.717, 1.165) is 36.6 Å². The Morgan fingerprint density at radius 2 is 2.17 bits per heavy atom. The molecule has 0 radical (unpaired) electrons. The molecule has 1 aliphatic rings. The Morgan fingerprint density at radius 3 is 2.91 bits per heavy atom. The van der Waals surface area contributed by atoms with E-state index in [0.29, 0.717) is 5.69 Å². The van der Waals surface area contributed by atoms with E-state index in [9.17, 15) is 9.59 Å². The van der Waals surface area contributed by atoms with Crippen molar-refractivity contribution in [2.45, 2.75) is 45.1 Å². The average Bonchev–Trinajstić information content (AvgIpc) is 3.09. The zero-order valence-electron chi connectivity index (χ0n) is 13.2. The van der Waals surface area contributed by atoms with Crippen molar-refractivity contribution in [2.24, 2.45) is 5.92 Å². The van der Waals surface area contributed by atoms with Gasteiger partial charge in [-0.3, -0.25) is 14.0 Å². The van der Waals surface area contributed by atoms with Gasteiger partial charge in [-0.15, -0.1) is 11.3 Å². The molecule has 0 spiro atoms. The number of imidazole rings is 1. The average molecular weight is 335 g/mol. The standard InChI is InChI=1S/C16H21N3O3S/c1-11-2-4-12(5-3-11)17-14(20)10-22-15(21)8-13-9-19-6-7-23-16(19)18-13/h6-7,9,11-12H,2-5,8,10H2,1H3,(H,17,20). The van der Waals surface area contributed by atoms with Gasteiger partial charge < -0.3 is 10.1 Å². The van der Waals surface area contributed by atoms with Crippen LogP contribution in [0.15, 0.2) is 17.8 Å². The zero-order chi connectivity index (χ0) is 16.2. The van der Waals surface area contributed by atoms with E-state index in [-0.39, 0.29) is 25.0 Å². The van der Waals surface area contributed by atoms with Crippen molar-refractivity contribution in [3.8, 4) is 0 Å². The summed E-state index contributed by atoms with van der Waals surface area (Å²) in [7, 11) is 0. The Hall–Kier alpha value is -1.89. The molecule has 3 rings (SSSR count). The highest BCUT2D eigenvalue weighted by Gasteiger charge is 2.20. The Kier molecular flexibility index (Phi) is 4.95. The number of thiazole rings is 1. The fourth-order valence-electron chi connectivity index (χ4n) is 2.88. The first-order valence-electron chi connectivity index (χ1n) is 7.96. The third-order valence-electron chi connectivity index (χ3n) is 4.21. The first kappa shape index (κ1) is 16.0. The molecular weight excluding hydrogens is 314 g/mol. The van der Waals surface area contributed by atoms with E-state index in [1.165, 1.54) is 11.3 Å². The quantitative estimate of drug-likeness (QED) is 0.850. The molecule has 0 unspecified atom stereocenters. The lowest BCUT2D eigenvalue weighted by Crippen LogP contribution is -2.39. The van der Waals surface area contributed by atoms with Gasteiger partial charge in [0.15, 0.2) is 11.6 Å². The minimum Gasteiger partial charge on any atom is -0.455 e. The monoisotopic (exact) mass is 335 g/mol. The van der Waals surface area contributed by atoms with Crippen molar-refractivity contribution < 1.29 is 14.3 Å². The number of hydrogen-bond acceptors (Lipinski definition) is 5. The number of nitrogens with zero attached hydrogens (tertiary/aromatic N) is 2. The lowest BCUT2D eigenvalue weighted by atomic mass is 9.87. The fourth-order valence-corrected chi connectivity index (χ4v) is 3.60. The molecule has 23 heavy (non-hydrogen) atoms. The van der Waals surface area contributed by atoms with Crippen LogP contribution in [0.25, 0.3) is 4.96 Å². The number of carbonyl (C=O) groups is 2. The van der Waals surface area contributed by atoms with Crippen LogP contribution in [0.4, 0.5) is 0 Å². The van der Waals surface area contributed by atoms with Crippen LogP contribution >= 0.6 is 11.3 Å².